The van der Waals surface area contributed by atoms with Gasteiger partial charge in [-0.25, -0.2) is 4.98 Å². The SMILES string of the molecule is O=C(N[C@H]1c2ccccc2C[C@H]1O)C1CCN(c2cnccn2)CC1. The van der Waals surface area contributed by atoms with Crippen molar-refractivity contribution in [1.82, 2.24) is 15.3 Å². The molecule has 6 heteroatoms. The summed E-state index contributed by atoms with van der Waals surface area (Å²) in [4.78, 5) is 23.3. The molecule has 0 radical (unpaired) electrons. The number of anilines is 1. The number of rotatable bonds is 3. The quantitative estimate of drug-likeness (QED) is 0.886. The Morgan fingerprint density at radius 3 is 2.76 bits per heavy atom. The third kappa shape index (κ3) is 3.22. The van der Waals surface area contributed by atoms with Gasteiger partial charge in [-0.15, -0.1) is 0 Å². The molecule has 2 atom stereocenters. The summed E-state index contributed by atoms with van der Waals surface area (Å²) >= 11 is 0. The van der Waals surface area contributed by atoms with Crippen LogP contribution in [-0.2, 0) is 11.2 Å². The maximum absolute atomic E-state index is 12.7. The van der Waals surface area contributed by atoms with Crippen LogP contribution < -0.4 is 10.2 Å². The van der Waals surface area contributed by atoms with E-state index < -0.39 is 6.10 Å². The van der Waals surface area contributed by atoms with Crippen molar-refractivity contribution in [2.24, 2.45) is 5.92 Å². The minimum absolute atomic E-state index is 0.0205. The first-order chi connectivity index (χ1) is 12.2. The van der Waals surface area contributed by atoms with E-state index in [1.807, 2.05) is 24.3 Å². The fourth-order valence-corrected chi connectivity index (χ4v) is 3.84. The highest BCUT2D eigenvalue weighted by Gasteiger charge is 2.34. The molecular formula is C19H22N4O2. The molecular weight excluding hydrogens is 316 g/mol. The molecule has 1 aromatic carbocycles. The van der Waals surface area contributed by atoms with Gasteiger partial charge in [0, 0.05) is 37.8 Å². The standard InChI is InChI=1S/C19H22N4O2/c24-16-11-14-3-1-2-4-15(14)18(16)22-19(25)13-5-9-23(10-6-13)17-12-20-7-8-21-17/h1-4,7-8,12-13,16,18,24H,5-6,9-11H2,(H,22,25)/t16-,18+/m1/s1. The first kappa shape index (κ1) is 16.0. The van der Waals surface area contributed by atoms with Crippen LogP contribution in [0.3, 0.4) is 0 Å². The predicted molar refractivity (Wildman–Crippen MR) is 94.0 cm³/mol. The number of aromatic nitrogens is 2. The molecule has 1 saturated heterocycles. The average molecular weight is 338 g/mol. The largest absolute Gasteiger partial charge is 0.390 e. The maximum atomic E-state index is 12.7. The Morgan fingerprint density at radius 1 is 1.20 bits per heavy atom. The molecule has 1 aromatic heterocycles. The van der Waals surface area contributed by atoms with Crippen LogP contribution in [0, 0.1) is 5.92 Å². The number of carbonyl (C=O) groups is 1. The average Bonchev–Trinajstić information content (AvgIpc) is 2.98. The predicted octanol–water partition coefficient (Wildman–Crippen LogP) is 1.47. The van der Waals surface area contributed by atoms with Crippen LogP contribution in [0.5, 0.6) is 0 Å². The lowest BCUT2D eigenvalue weighted by atomic mass is 9.95. The van der Waals surface area contributed by atoms with E-state index in [1.54, 1.807) is 18.6 Å². The van der Waals surface area contributed by atoms with Crippen molar-refractivity contribution >= 4 is 11.7 Å². The summed E-state index contributed by atoms with van der Waals surface area (Å²) in [6.07, 6.45) is 6.74. The van der Waals surface area contributed by atoms with Crippen LogP contribution in [0.25, 0.3) is 0 Å². The molecule has 25 heavy (non-hydrogen) atoms. The summed E-state index contributed by atoms with van der Waals surface area (Å²) in [6.45, 7) is 1.58. The summed E-state index contributed by atoms with van der Waals surface area (Å²) < 4.78 is 0. The van der Waals surface area contributed by atoms with Crippen LogP contribution in [0.2, 0.25) is 0 Å². The Morgan fingerprint density at radius 2 is 2.00 bits per heavy atom. The summed E-state index contributed by atoms with van der Waals surface area (Å²) in [5.74, 6) is 0.883. The zero-order chi connectivity index (χ0) is 17.2. The molecule has 1 fully saturated rings. The second kappa shape index (κ2) is 6.80. The summed E-state index contributed by atoms with van der Waals surface area (Å²) in [7, 11) is 0. The highest BCUT2D eigenvalue weighted by Crippen LogP contribution is 2.32. The van der Waals surface area contributed by atoms with Gasteiger partial charge in [0.15, 0.2) is 0 Å². The van der Waals surface area contributed by atoms with Gasteiger partial charge in [0.1, 0.15) is 5.82 Å². The van der Waals surface area contributed by atoms with Crippen molar-refractivity contribution in [3.8, 4) is 0 Å². The first-order valence-electron chi connectivity index (χ1n) is 8.79. The Balaban J connectivity index is 1.37. The van der Waals surface area contributed by atoms with E-state index in [-0.39, 0.29) is 17.9 Å². The van der Waals surface area contributed by atoms with Crippen LogP contribution in [-0.4, -0.2) is 40.2 Å². The summed E-state index contributed by atoms with van der Waals surface area (Å²) in [5.41, 5.74) is 2.16. The molecule has 6 nitrogen and oxygen atoms in total. The number of nitrogens with zero attached hydrogens (tertiary/aromatic N) is 3. The zero-order valence-electron chi connectivity index (χ0n) is 14.0. The molecule has 0 unspecified atom stereocenters. The van der Waals surface area contributed by atoms with Crippen molar-refractivity contribution in [2.75, 3.05) is 18.0 Å². The Bertz CT molecular complexity index is 744. The molecule has 1 amide bonds. The van der Waals surface area contributed by atoms with Crippen molar-refractivity contribution < 1.29 is 9.90 Å². The monoisotopic (exact) mass is 338 g/mol. The van der Waals surface area contributed by atoms with Crippen molar-refractivity contribution in [1.29, 1.82) is 0 Å². The lowest BCUT2D eigenvalue weighted by Crippen LogP contribution is -2.43. The lowest BCUT2D eigenvalue weighted by Gasteiger charge is -2.32. The van der Waals surface area contributed by atoms with E-state index in [9.17, 15) is 9.90 Å². The molecule has 2 N–H and O–H groups in total. The minimum Gasteiger partial charge on any atom is -0.390 e. The van der Waals surface area contributed by atoms with Crippen molar-refractivity contribution in [2.45, 2.75) is 31.4 Å². The third-order valence-electron chi connectivity index (χ3n) is 5.24. The zero-order valence-corrected chi connectivity index (χ0v) is 14.0. The maximum Gasteiger partial charge on any atom is 0.223 e. The van der Waals surface area contributed by atoms with Crippen LogP contribution in [0.15, 0.2) is 42.9 Å². The van der Waals surface area contributed by atoms with E-state index in [2.05, 4.69) is 20.2 Å². The van der Waals surface area contributed by atoms with Gasteiger partial charge < -0.3 is 15.3 Å². The van der Waals surface area contributed by atoms with Crippen molar-refractivity contribution in [3.05, 3.63) is 54.0 Å². The molecule has 0 saturated carbocycles. The number of fused-ring (bicyclic) bond motifs is 1. The van der Waals surface area contributed by atoms with Gasteiger partial charge >= 0.3 is 0 Å². The van der Waals surface area contributed by atoms with E-state index in [4.69, 9.17) is 0 Å². The number of amides is 1. The molecule has 1 aliphatic carbocycles. The second-order valence-corrected chi connectivity index (χ2v) is 6.78. The summed E-state index contributed by atoms with van der Waals surface area (Å²) in [5, 5.41) is 13.4. The molecule has 1 aliphatic heterocycles. The number of piperidine rings is 1. The van der Waals surface area contributed by atoms with Gasteiger partial charge in [-0.1, -0.05) is 24.3 Å². The lowest BCUT2D eigenvalue weighted by molar-refractivity contribution is -0.127. The number of benzene rings is 1. The van der Waals surface area contributed by atoms with Crippen molar-refractivity contribution in [3.63, 3.8) is 0 Å². The van der Waals surface area contributed by atoms with E-state index >= 15 is 0 Å². The van der Waals surface area contributed by atoms with Crippen LogP contribution >= 0.6 is 0 Å². The highest BCUT2D eigenvalue weighted by molar-refractivity contribution is 5.79. The molecule has 130 valence electrons. The van der Waals surface area contributed by atoms with Crippen LogP contribution in [0.1, 0.15) is 30.0 Å². The first-order valence-corrected chi connectivity index (χ1v) is 8.79. The molecule has 4 rings (SSSR count). The molecule has 0 bridgehead atoms. The molecule has 0 spiro atoms. The highest BCUT2D eigenvalue weighted by atomic mass is 16.3. The Hall–Kier alpha value is -2.47. The number of hydrogen-bond donors (Lipinski definition) is 2. The summed E-state index contributed by atoms with van der Waals surface area (Å²) in [6, 6.07) is 7.65. The third-order valence-corrected chi connectivity index (χ3v) is 5.24. The van der Waals surface area contributed by atoms with Gasteiger partial charge in [-0.3, -0.25) is 9.78 Å². The number of aliphatic hydroxyl groups is 1. The molecule has 2 aromatic rings. The van der Waals surface area contributed by atoms with Gasteiger partial charge in [0.2, 0.25) is 5.91 Å². The fourth-order valence-electron chi connectivity index (χ4n) is 3.84. The fraction of sp³-hybridized carbons (Fsp3) is 0.421. The van der Waals surface area contributed by atoms with Gasteiger partial charge in [0.05, 0.1) is 18.3 Å². The second-order valence-electron chi connectivity index (χ2n) is 6.78. The topological polar surface area (TPSA) is 78.4 Å². The van der Waals surface area contributed by atoms with E-state index in [1.165, 1.54) is 0 Å². The minimum atomic E-state index is -0.541. The number of hydrogen-bond acceptors (Lipinski definition) is 5. The normalized spacial score (nSPS) is 23.3. The smallest absolute Gasteiger partial charge is 0.223 e. The van der Waals surface area contributed by atoms with Gasteiger partial charge in [-0.2, -0.15) is 0 Å². The van der Waals surface area contributed by atoms with E-state index in [0.29, 0.717) is 6.42 Å². The number of carbonyl (C=O) groups excluding carboxylic acids is 1. The van der Waals surface area contributed by atoms with Crippen LogP contribution in [0.4, 0.5) is 5.82 Å². The Kier molecular flexibility index (Phi) is 4.36. The number of nitrogens with one attached hydrogen (secondary N) is 1. The van der Waals surface area contributed by atoms with Gasteiger partial charge in [0.25, 0.3) is 0 Å². The number of aliphatic hydroxyl groups excluding tert-OH is 1. The van der Waals surface area contributed by atoms with Gasteiger partial charge in [-0.05, 0) is 24.0 Å². The van der Waals surface area contributed by atoms with E-state index in [0.717, 1.165) is 42.9 Å². The Labute approximate surface area is 146 Å². The molecule has 2 heterocycles. The molecule has 2 aliphatic rings.